The monoisotopic (exact) mass is 390 g/mol. The number of nitrogens with zero attached hydrogens (tertiary/aromatic N) is 4. The number of non-ortho nitro benzene ring substituents is 1. The van der Waals surface area contributed by atoms with E-state index in [1.165, 1.54) is 30.3 Å². The van der Waals surface area contributed by atoms with Crippen molar-refractivity contribution in [3.8, 4) is 11.3 Å². The van der Waals surface area contributed by atoms with Crippen LogP contribution in [-0.4, -0.2) is 20.2 Å². The van der Waals surface area contributed by atoms with Crippen LogP contribution < -0.4 is 5.12 Å². The average Bonchev–Trinajstić information content (AvgIpc) is 3.16. The third kappa shape index (κ3) is 3.55. The second kappa shape index (κ2) is 7.16. The number of hydrogen-bond donors (Lipinski definition) is 0. The minimum Gasteiger partial charge on any atom is -0.306 e. The zero-order valence-electron chi connectivity index (χ0n) is 15.3. The lowest BCUT2D eigenvalue weighted by molar-refractivity contribution is -0.384. The highest BCUT2D eigenvalue weighted by Gasteiger charge is 2.20. The van der Waals surface area contributed by atoms with Gasteiger partial charge in [-0.15, -0.1) is 5.12 Å². The van der Waals surface area contributed by atoms with Gasteiger partial charge in [-0.25, -0.2) is 4.98 Å². The molecule has 4 aromatic rings. The Morgan fingerprint density at radius 3 is 2.59 bits per heavy atom. The molecule has 2 aromatic heterocycles. The van der Waals surface area contributed by atoms with Crippen molar-refractivity contribution in [3.63, 3.8) is 0 Å². The summed E-state index contributed by atoms with van der Waals surface area (Å²) in [5.74, 6) is -0.982. The number of halogens is 1. The summed E-state index contributed by atoms with van der Waals surface area (Å²) in [6.07, 6.45) is 3.83. The summed E-state index contributed by atoms with van der Waals surface area (Å²) >= 11 is 0. The third-order valence-electron chi connectivity index (χ3n) is 4.47. The third-order valence-corrected chi connectivity index (χ3v) is 4.47. The highest BCUT2D eigenvalue weighted by Crippen LogP contribution is 2.25. The molecule has 2 heterocycles. The predicted molar refractivity (Wildman–Crippen MR) is 106 cm³/mol. The largest absolute Gasteiger partial charge is 0.306 e. The van der Waals surface area contributed by atoms with Gasteiger partial charge in [-0.2, -0.15) is 0 Å². The SMILES string of the molecule is Cc1ccc2nc(-c3ccc(N(F)C(=O)c4cccc([N+](=O)[O-])c4)cc3)cn2c1. The van der Waals surface area contributed by atoms with E-state index in [1.54, 1.807) is 12.1 Å². The summed E-state index contributed by atoms with van der Waals surface area (Å²) in [7, 11) is 0. The summed E-state index contributed by atoms with van der Waals surface area (Å²) in [4.78, 5) is 27.1. The van der Waals surface area contributed by atoms with Gasteiger partial charge in [0.1, 0.15) is 5.65 Å². The molecule has 0 N–H and O–H groups in total. The molecule has 0 atom stereocenters. The Labute approximate surface area is 164 Å². The molecule has 144 valence electrons. The number of nitro benzene ring substituents is 1. The summed E-state index contributed by atoms with van der Waals surface area (Å²) < 4.78 is 16.5. The Hall–Kier alpha value is -4.07. The van der Waals surface area contributed by atoms with Crippen LogP contribution in [0.5, 0.6) is 0 Å². The van der Waals surface area contributed by atoms with Crippen LogP contribution in [0.4, 0.5) is 15.9 Å². The second-order valence-electron chi connectivity index (χ2n) is 6.54. The molecule has 7 nitrogen and oxygen atoms in total. The van der Waals surface area contributed by atoms with Crippen molar-refractivity contribution in [2.75, 3.05) is 5.12 Å². The highest BCUT2D eigenvalue weighted by atomic mass is 19.2. The maximum atomic E-state index is 14.6. The summed E-state index contributed by atoms with van der Waals surface area (Å²) in [5, 5.41) is 10.8. The first-order valence-corrected chi connectivity index (χ1v) is 8.73. The first kappa shape index (κ1) is 18.3. The van der Waals surface area contributed by atoms with Crippen molar-refractivity contribution >= 4 is 22.9 Å². The first-order valence-electron chi connectivity index (χ1n) is 8.73. The van der Waals surface area contributed by atoms with Gasteiger partial charge in [0.15, 0.2) is 0 Å². The molecule has 29 heavy (non-hydrogen) atoms. The zero-order valence-corrected chi connectivity index (χ0v) is 15.3. The Morgan fingerprint density at radius 1 is 1.10 bits per heavy atom. The molecule has 4 rings (SSSR count). The smallest absolute Gasteiger partial charge is 0.286 e. The van der Waals surface area contributed by atoms with E-state index >= 15 is 0 Å². The number of aromatic nitrogens is 2. The number of hydrogen-bond acceptors (Lipinski definition) is 4. The Balaban J connectivity index is 1.58. The fraction of sp³-hybridized carbons (Fsp3) is 0.0476. The van der Waals surface area contributed by atoms with Crippen molar-refractivity contribution in [3.05, 3.63) is 94.3 Å². The molecule has 0 saturated carbocycles. The number of aryl methyl sites for hydroxylation is 1. The fourth-order valence-corrected chi connectivity index (χ4v) is 2.99. The molecule has 0 aliphatic rings. The normalized spacial score (nSPS) is 10.8. The number of rotatable bonds is 4. The van der Waals surface area contributed by atoms with E-state index in [0.717, 1.165) is 28.5 Å². The maximum Gasteiger partial charge on any atom is 0.286 e. The van der Waals surface area contributed by atoms with Crippen LogP contribution in [0.15, 0.2) is 73.1 Å². The van der Waals surface area contributed by atoms with E-state index in [-0.39, 0.29) is 22.1 Å². The minimum atomic E-state index is -0.982. The van der Waals surface area contributed by atoms with Crippen molar-refractivity contribution in [2.24, 2.45) is 0 Å². The Morgan fingerprint density at radius 2 is 1.86 bits per heavy atom. The van der Waals surface area contributed by atoms with Gasteiger partial charge in [-0.05, 0) is 36.8 Å². The zero-order chi connectivity index (χ0) is 20.5. The van der Waals surface area contributed by atoms with Gasteiger partial charge in [0.05, 0.1) is 16.3 Å². The molecular formula is C21H15FN4O3. The second-order valence-corrected chi connectivity index (χ2v) is 6.54. The number of pyridine rings is 1. The van der Waals surface area contributed by atoms with Crippen LogP contribution in [0.2, 0.25) is 0 Å². The van der Waals surface area contributed by atoms with E-state index in [2.05, 4.69) is 4.98 Å². The van der Waals surface area contributed by atoms with Crippen molar-refractivity contribution in [1.82, 2.24) is 9.38 Å². The van der Waals surface area contributed by atoms with Crippen LogP contribution in [0.1, 0.15) is 15.9 Å². The highest BCUT2D eigenvalue weighted by molar-refractivity contribution is 6.05. The summed E-state index contributed by atoms with van der Waals surface area (Å²) in [6, 6.07) is 15.1. The van der Waals surface area contributed by atoms with Gasteiger partial charge in [-0.1, -0.05) is 28.7 Å². The number of imidazole rings is 1. The number of anilines is 1. The molecule has 0 aliphatic heterocycles. The van der Waals surface area contributed by atoms with E-state index in [4.69, 9.17) is 0 Å². The lowest BCUT2D eigenvalue weighted by atomic mass is 10.1. The summed E-state index contributed by atoms with van der Waals surface area (Å²) in [6.45, 7) is 1.99. The molecule has 0 unspecified atom stereocenters. The van der Waals surface area contributed by atoms with Crippen LogP contribution in [0.25, 0.3) is 16.9 Å². The number of amides is 1. The van der Waals surface area contributed by atoms with Crippen molar-refractivity contribution in [1.29, 1.82) is 0 Å². The van der Waals surface area contributed by atoms with Crippen LogP contribution in [0, 0.1) is 17.0 Å². The molecule has 0 fully saturated rings. The van der Waals surface area contributed by atoms with Crippen molar-refractivity contribution < 1.29 is 14.2 Å². The van der Waals surface area contributed by atoms with Crippen molar-refractivity contribution in [2.45, 2.75) is 6.92 Å². The topological polar surface area (TPSA) is 80.8 Å². The lowest BCUT2D eigenvalue weighted by Gasteiger charge is -2.12. The Bertz CT molecular complexity index is 1230. The molecule has 0 aliphatic carbocycles. The average molecular weight is 390 g/mol. The van der Waals surface area contributed by atoms with Gasteiger partial charge < -0.3 is 4.40 Å². The molecule has 0 radical (unpaired) electrons. The minimum absolute atomic E-state index is 0.0184. The van der Waals surface area contributed by atoms with Gasteiger partial charge in [0, 0.05) is 35.7 Å². The fourth-order valence-electron chi connectivity index (χ4n) is 2.99. The standard InChI is InChI=1S/C21H15FN4O3/c1-14-5-10-20-23-19(13-24(20)12-14)15-6-8-17(9-7-15)25(22)21(27)16-3-2-4-18(11-16)26(28)29/h2-13H,1H3. The molecule has 1 amide bonds. The molecule has 2 aromatic carbocycles. The first-order chi connectivity index (χ1) is 13.9. The molecule has 8 heteroatoms. The van der Waals surface area contributed by atoms with Crippen LogP contribution >= 0.6 is 0 Å². The number of fused-ring (bicyclic) bond motifs is 1. The summed E-state index contributed by atoms with van der Waals surface area (Å²) in [5.41, 5.74) is 3.02. The Kier molecular flexibility index (Phi) is 4.52. The van der Waals surface area contributed by atoms with E-state index < -0.39 is 10.8 Å². The van der Waals surface area contributed by atoms with Gasteiger partial charge in [0.2, 0.25) is 0 Å². The number of carbonyl (C=O) groups excluding carboxylic acids is 1. The van der Waals surface area contributed by atoms with E-state index in [9.17, 15) is 19.4 Å². The maximum absolute atomic E-state index is 14.6. The molecule has 0 bridgehead atoms. The number of nitro groups is 1. The van der Waals surface area contributed by atoms with Gasteiger partial charge in [-0.3, -0.25) is 14.9 Å². The van der Waals surface area contributed by atoms with E-state index in [0.29, 0.717) is 0 Å². The van der Waals surface area contributed by atoms with Crippen LogP contribution in [-0.2, 0) is 0 Å². The quantitative estimate of drug-likeness (QED) is 0.286. The van der Waals surface area contributed by atoms with Gasteiger partial charge >= 0.3 is 0 Å². The molecule has 0 saturated heterocycles. The molecule has 0 spiro atoms. The number of carbonyl (C=O) groups is 1. The van der Waals surface area contributed by atoms with Gasteiger partial charge in [0.25, 0.3) is 11.6 Å². The number of benzene rings is 2. The predicted octanol–water partition coefficient (Wildman–Crippen LogP) is 4.75. The lowest BCUT2D eigenvalue weighted by Crippen LogP contribution is -2.21. The van der Waals surface area contributed by atoms with Crippen LogP contribution in [0.3, 0.4) is 0 Å². The van der Waals surface area contributed by atoms with E-state index in [1.807, 2.05) is 35.9 Å². The molecular weight excluding hydrogens is 375 g/mol.